The first-order valence-electron chi connectivity index (χ1n) is 7.76. The molecule has 1 saturated heterocycles. The number of carboxylic acids is 1. The van der Waals surface area contributed by atoms with Crippen LogP contribution in [-0.4, -0.2) is 49.5 Å². The van der Waals surface area contributed by atoms with Gasteiger partial charge in [0, 0.05) is 30.1 Å². The van der Waals surface area contributed by atoms with Gasteiger partial charge in [0.1, 0.15) is 0 Å². The summed E-state index contributed by atoms with van der Waals surface area (Å²) in [6.45, 7) is 2.91. The van der Waals surface area contributed by atoms with Crippen LogP contribution in [0.5, 0.6) is 0 Å². The summed E-state index contributed by atoms with van der Waals surface area (Å²) >= 11 is 3.34. The number of nitrogens with one attached hydrogen (secondary N) is 1. The molecule has 22 heavy (non-hydrogen) atoms. The summed E-state index contributed by atoms with van der Waals surface area (Å²) in [5.41, 5.74) is 1.11. The fraction of sp³-hybridized carbons (Fsp3) is 0.562. The third-order valence-corrected chi connectivity index (χ3v) is 4.90. The second kappa shape index (κ2) is 6.98. The van der Waals surface area contributed by atoms with E-state index in [0.717, 1.165) is 29.8 Å². The Labute approximate surface area is 138 Å². The summed E-state index contributed by atoms with van der Waals surface area (Å²) in [5, 5.41) is 12.9. The van der Waals surface area contributed by atoms with Crippen LogP contribution in [0.4, 0.5) is 5.69 Å². The van der Waals surface area contributed by atoms with Gasteiger partial charge in [-0.25, -0.2) is 4.79 Å². The predicted octanol–water partition coefficient (Wildman–Crippen LogP) is 2.49. The zero-order valence-corrected chi connectivity index (χ0v) is 14.0. The lowest BCUT2D eigenvalue weighted by Gasteiger charge is -2.37. The number of hydrogen-bond acceptors (Lipinski definition) is 4. The number of rotatable bonds is 5. The van der Waals surface area contributed by atoms with Gasteiger partial charge < -0.3 is 20.1 Å². The van der Waals surface area contributed by atoms with Crippen molar-refractivity contribution in [1.82, 2.24) is 5.32 Å². The number of anilines is 1. The molecule has 2 fully saturated rings. The van der Waals surface area contributed by atoms with Crippen molar-refractivity contribution in [1.29, 1.82) is 0 Å². The fourth-order valence-electron chi connectivity index (χ4n) is 2.93. The molecule has 1 saturated carbocycles. The molecule has 120 valence electrons. The Balaban J connectivity index is 1.67. The SMILES string of the molecule is O=C(O)c1cc(Br)ccc1N1CCO[C@H](CNC2CCC2)C1. The van der Waals surface area contributed by atoms with Gasteiger partial charge in [-0.3, -0.25) is 0 Å². The molecule has 2 aliphatic rings. The van der Waals surface area contributed by atoms with Crippen molar-refractivity contribution < 1.29 is 14.6 Å². The Bertz CT molecular complexity index is 548. The van der Waals surface area contributed by atoms with Crippen molar-refractivity contribution in [2.75, 3.05) is 31.1 Å². The maximum Gasteiger partial charge on any atom is 0.337 e. The normalized spacial score (nSPS) is 22.4. The number of aromatic carboxylic acids is 1. The van der Waals surface area contributed by atoms with Gasteiger partial charge >= 0.3 is 5.97 Å². The van der Waals surface area contributed by atoms with E-state index >= 15 is 0 Å². The third kappa shape index (κ3) is 3.62. The van der Waals surface area contributed by atoms with Gasteiger partial charge in [0.05, 0.1) is 24.0 Å². The summed E-state index contributed by atoms with van der Waals surface area (Å²) < 4.78 is 6.59. The van der Waals surface area contributed by atoms with Gasteiger partial charge in [-0.15, -0.1) is 0 Å². The molecule has 0 aromatic heterocycles. The fourth-order valence-corrected chi connectivity index (χ4v) is 3.29. The van der Waals surface area contributed by atoms with E-state index in [4.69, 9.17) is 4.74 Å². The van der Waals surface area contributed by atoms with Crippen LogP contribution in [0.1, 0.15) is 29.6 Å². The van der Waals surface area contributed by atoms with Crippen molar-refractivity contribution >= 4 is 27.6 Å². The summed E-state index contributed by atoms with van der Waals surface area (Å²) in [6, 6.07) is 6.06. The zero-order chi connectivity index (χ0) is 15.5. The van der Waals surface area contributed by atoms with E-state index in [1.54, 1.807) is 6.07 Å². The van der Waals surface area contributed by atoms with Gasteiger partial charge in [-0.2, -0.15) is 0 Å². The Morgan fingerprint density at radius 1 is 1.45 bits per heavy atom. The average Bonchev–Trinajstić information content (AvgIpc) is 2.46. The van der Waals surface area contributed by atoms with Gasteiger partial charge in [0.25, 0.3) is 0 Å². The summed E-state index contributed by atoms with van der Waals surface area (Å²) in [7, 11) is 0. The molecule has 0 spiro atoms. The minimum Gasteiger partial charge on any atom is -0.478 e. The van der Waals surface area contributed by atoms with E-state index in [2.05, 4.69) is 26.1 Å². The molecule has 3 rings (SSSR count). The molecule has 1 heterocycles. The van der Waals surface area contributed by atoms with Gasteiger partial charge in [-0.05, 0) is 31.0 Å². The van der Waals surface area contributed by atoms with Crippen LogP contribution in [-0.2, 0) is 4.74 Å². The molecule has 1 aliphatic heterocycles. The number of benzene rings is 1. The van der Waals surface area contributed by atoms with Gasteiger partial charge in [0.2, 0.25) is 0 Å². The lowest BCUT2D eigenvalue weighted by molar-refractivity contribution is 0.0370. The molecular formula is C16H21BrN2O3. The Morgan fingerprint density at radius 2 is 2.27 bits per heavy atom. The largest absolute Gasteiger partial charge is 0.478 e. The third-order valence-electron chi connectivity index (χ3n) is 4.41. The van der Waals surface area contributed by atoms with E-state index in [1.165, 1.54) is 19.3 Å². The average molecular weight is 369 g/mol. The standard InChI is InChI=1S/C16H21BrN2O3/c17-11-4-5-15(14(8-11)16(20)21)19-6-7-22-13(10-19)9-18-12-2-1-3-12/h4-5,8,12-13,18H,1-3,6-7,9-10H2,(H,20,21)/t13-/m1/s1. The predicted molar refractivity (Wildman–Crippen MR) is 88.7 cm³/mol. The monoisotopic (exact) mass is 368 g/mol. The number of carbonyl (C=O) groups is 1. The Kier molecular flexibility index (Phi) is 5.00. The van der Waals surface area contributed by atoms with E-state index in [0.29, 0.717) is 18.2 Å². The van der Waals surface area contributed by atoms with Crippen LogP contribution in [0.25, 0.3) is 0 Å². The first kappa shape index (κ1) is 15.8. The summed E-state index contributed by atoms with van der Waals surface area (Å²) in [6.07, 6.45) is 3.94. The highest BCUT2D eigenvalue weighted by atomic mass is 79.9. The molecule has 1 aliphatic carbocycles. The van der Waals surface area contributed by atoms with Crippen molar-refractivity contribution in [2.24, 2.45) is 0 Å². The van der Waals surface area contributed by atoms with Crippen LogP contribution in [0, 0.1) is 0 Å². The van der Waals surface area contributed by atoms with E-state index in [-0.39, 0.29) is 6.10 Å². The van der Waals surface area contributed by atoms with Crippen molar-refractivity contribution in [3.05, 3.63) is 28.2 Å². The van der Waals surface area contributed by atoms with Crippen LogP contribution >= 0.6 is 15.9 Å². The molecule has 0 unspecified atom stereocenters. The summed E-state index contributed by atoms with van der Waals surface area (Å²) in [4.78, 5) is 13.6. The van der Waals surface area contributed by atoms with Crippen molar-refractivity contribution in [2.45, 2.75) is 31.4 Å². The van der Waals surface area contributed by atoms with Crippen LogP contribution in [0.15, 0.2) is 22.7 Å². The minimum absolute atomic E-state index is 0.111. The molecule has 0 amide bonds. The van der Waals surface area contributed by atoms with E-state index < -0.39 is 5.97 Å². The highest BCUT2D eigenvalue weighted by Gasteiger charge is 2.25. The molecule has 5 nitrogen and oxygen atoms in total. The lowest BCUT2D eigenvalue weighted by Crippen LogP contribution is -2.49. The first-order chi connectivity index (χ1) is 10.6. The molecule has 1 atom stereocenters. The quantitative estimate of drug-likeness (QED) is 0.835. The minimum atomic E-state index is -0.896. The van der Waals surface area contributed by atoms with Crippen molar-refractivity contribution in [3.63, 3.8) is 0 Å². The molecule has 0 radical (unpaired) electrons. The molecule has 1 aromatic carbocycles. The maximum absolute atomic E-state index is 11.5. The first-order valence-corrected chi connectivity index (χ1v) is 8.55. The maximum atomic E-state index is 11.5. The highest BCUT2D eigenvalue weighted by Crippen LogP contribution is 2.26. The molecule has 1 aromatic rings. The Morgan fingerprint density at radius 3 is 2.95 bits per heavy atom. The van der Waals surface area contributed by atoms with Crippen molar-refractivity contribution in [3.8, 4) is 0 Å². The smallest absolute Gasteiger partial charge is 0.337 e. The molecule has 0 bridgehead atoms. The molecule has 2 N–H and O–H groups in total. The van der Waals surface area contributed by atoms with Gasteiger partial charge in [0.15, 0.2) is 0 Å². The van der Waals surface area contributed by atoms with E-state index in [9.17, 15) is 9.90 Å². The van der Waals surface area contributed by atoms with Crippen LogP contribution in [0.2, 0.25) is 0 Å². The summed E-state index contributed by atoms with van der Waals surface area (Å²) in [5.74, 6) is -0.896. The van der Waals surface area contributed by atoms with Crippen LogP contribution in [0.3, 0.4) is 0 Å². The second-order valence-electron chi connectivity index (χ2n) is 5.94. The molecule has 6 heteroatoms. The van der Waals surface area contributed by atoms with Gasteiger partial charge in [-0.1, -0.05) is 22.4 Å². The second-order valence-corrected chi connectivity index (χ2v) is 6.86. The number of ether oxygens (including phenoxy) is 1. The van der Waals surface area contributed by atoms with Crippen LogP contribution < -0.4 is 10.2 Å². The number of morpholine rings is 1. The molecular weight excluding hydrogens is 348 g/mol. The topological polar surface area (TPSA) is 61.8 Å². The van der Waals surface area contributed by atoms with E-state index in [1.807, 2.05) is 12.1 Å². The lowest BCUT2D eigenvalue weighted by atomic mass is 9.93. The Hall–Kier alpha value is -1.11. The number of halogens is 1. The number of nitrogens with zero attached hydrogens (tertiary/aromatic N) is 1. The number of carboxylic acid groups (broad SMARTS) is 1. The highest BCUT2D eigenvalue weighted by molar-refractivity contribution is 9.10. The zero-order valence-electron chi connectivity index (χ0n) is 12.4. The number of hydrogen-bond donors (Lipinski definition) is 2.